The fraction of sp³-hybridized carbons (Fsp3) is 0.429. The number of benzene rings is 1. The van der Waals surface area contributed by atoms with Gasteiger partial charge in [-0.1, -0.05) is 17.7 Å². The van der Waals surface area contributed by atoms with Gasteiger partial charge >= 0.3 is 27.6 Å². The molecule has 0 N–H and O–H groups in total. The second kappa shape index (κ2) is 9.76. The molecular weight excluding hydrogens is 453 g/mol. The first-order chi connectivity index (χ1) is 14.8. The van der Waals surface area contributed by atoms with Gasteiger partial charge in [-0.2, -0.15) is 21.6 Å². The molecule has 11 heteroatoms. The minimum Gasteiger partial charge on any atom is -0.469 e. The lowest BCUT2D eigenvalue weighted by atomic mass is 9.88. The first-order valence-electron chi connectivity index (χ1n) is 9.52. The highest BCUT2D eigenvalue weighted by Gasteiger charge is 2.50. The van der Waals surface area contributed by atoms with Gasteiger partial charge in [-0.3, -0.25) is 4.79 Å². The Morgan fingerprint density at radius 1 is 1.22 bits per heavy atom. The number of cyclic esters (lactones) is 1. The van der Waals surface area contributed by atoms with Crippen LogP contribution in [-0.4, -0.2) is 33.0 Å². The number of fused-ring (bicyclic) bond motifs is 1. The topological polar surface area (TPSA) is 96.0 Å². The van der Waals surface area contributed by atoms with Crippen LogP contribution in [0.2, 0.25) is 0 Å². The van der Waals surface area contributed by atoms with Crippen LogP contribution in [0.3, 0.4) is 0 Å². The van der Waals surface area contributed by atoms with E-state index in [9.17, 15) is 31.2 Å². The molecule has 0 saturated carbocycles. The van der Waals surface area contributed by atoms with Crippen molar-refractivity contribution >= 4 is 22.1 Å². The number of hydrogen-bond acceptors (Lipinski definition) is 7. The van der Waals surface area contributed by atoms with E-state index in [1.54, 1.807) is 19.9 Å². The summed E-state index contributed by atoms with van der Waals surface area (Å²) in [5, 5.41) is 0. The summed E-state index contributed by atoms with van der Waals surface area (Å²) in [6.45, 7) is 6.80. The molecule has 1 aromatic carbocycles. The van der Waals surface area contributed by atoms with E-state index in [2.05, 4.69) is 15.5 Å². The Kier molecular flexibility index (Phi) is 7.76. The first kappa shape index (κ1) is 25.4. The zero-order chi connectivity index (χ0) is 24.3. The van der Waals surface area contributed by atoms with Gasteiger partial charge in [0.2, 0.25) is 0 Å². The van der Waals surface area contributed by atoms with E-state index in [0.29, 0.717) is 23.1 Å². The van der Waals surface area contributed by atoms with E-state index < -0.39 is 33.3 Å². The molecule has 0 aliphatic carbocycles. The fourth-order valence-corrected chi connectivity index (χ4v) is 3.79. The predicted octanol–water partition coefficient (Wildman–Crippen LogP) is 4.06. The maximum Gasteiger partial charge on any atom is 0.534 e. The zero-order valence-electron chi connectivity index (χ0n) is 17.8. The third kappa shape index (κ3) is 5.32. The maximum absolute atomic E-state index is 13.1. The highest BCUT2D eigenvalue weighted by atomic mass is 32.2. The Balaban J connectivity index is 2.65. The SMILES string of the molecule is C=CCc1c(C)c2c(c(OS(=O)(=O)C(F)(F)F)c1C/C=C(\C)CCC(=O)OC)C(=O)OC2. The Hall–Kier alpha value is -2.82. The van der Waals surface area contributed by atoms with Gasteiger partial charge in [-0.15, -0.1) is 6.58 Å². The molecule has 176 valence electrons. The average Bonchev–Trinajstić information content (AvgIpc) is 3.09. The van der Waals surface area contributed by atoms with E-state index in [-0.39, 0.29) is 42.6 Å². The third-order valence-electron chi connectivity index (χ3n) is 5.06. The number of halogens is 3. The molecule has 0 atom stereocenters. The van der Waals surface area contributed by atoms with Gasteiger partial charge < -0.3 is 13.7 Å². The molecule has 0 radical (unpaired) electrons. The summed E-state index contributed by atoms with van der Waals surface area (Å²) in [5.74, 6) is -2.09. The van der Waals surface area contributed by atoms with Crippen molar-refractivity contribution in [1.82, 2.24) is 0 Å². The standard InChI is InChI=1S/C21H23F3O7S/c1-5-6-14-13(3)16-11-30-20(26)18(16)19(31-32(27,28)21(22,23)24)15(14)9-7-12(2)8-10-17(25)29-4/h5,7H,1,6,8-11H2,2-4H3/b12-7+. The van der Waals surface area contributed by atoms with Crippen molar-refractivity contribution in [3.63, 3.8) is 0 Å². The fourth-order valence-electron chi connectivity index (χ4n) is 3.29. The molecule has 0 unspecified atom stereocenters. The van der Waals surface area contributed by atoms with E-state index in [4.69, 9.17) is 4.74 Å². The Morgan fingerprint density at radius 3 is 2.44 bits per heavy atom. The van der Waals surface area contributed by atoms with Gasteiger partial charge in [-0.05, 0) is 44.2 Å². The van der Waals surface area contributed by atoms with E-state index in [1.165, 1.54) is 13.2 Å². The molecule has 2 rings (SSSR count). The van der Waals surface area contributed by atoms with E-state index in [0.717, 1.165) is 0 Å². The van der Waals surface area contributed by atoms with Crippen LogP contribution >= 0.6 is 0 Å². The second-order valence-corrected chi connectivity index (χ2v) is 8.69. The van der Waals surface area contributed by atoms with Gasteiger partial charge in [-0.25, -0.2) is 4.79 Å². The summed E-state index contributed by atoms with van der Waals surface area (Å²) < 4.78 is 76.8. The number of carbonyl (C=O) groups excluding carboxylic acids is 2. The molecule has 1 aromatic rings. The number of rotatable bonds is 9. The highest BCUT2D eigenvalue weighted by Crippen LogP contribution is 2.41. The number of methoxy groups -OCH3 is 1. The number of esters is 2. The van der Waals surface area contributed by atoms with Crippen molar-refractivity contribution in [2.24, 2.45) is 0 Å². The van der Waals surface area contributed by atoms with Crippen molar-refractivity contribution in [1.29, 1.82) is 0 Å². The molecular formula is C21H23F3O7S. The monoisotopic (exact) mass is 476 g/mol. The van der Waals surface area contributed by atoms with Crippen LogP contribution in [0.15, 0.2) is 24.3 Å². The van der Waals surface area contributed by atoms with Gasteiger partial charge in [0, 0.05) is 17.5 Å². The van der Waals surface area contributed by atoms with Crippen LogP contribution in [-0.2, 0) is 43.8 Å². The number of hydrogen-bond donors (Lipinski definition) is 0. The lowest BCUT2D eigenvalue weighted by Crippen LogP contribution is -2.29. The number of alkyl halides is 3. The van der Waals surface area contributed by atoms with E-state index in [1.807, 2.05) is 0 Å². The minimum atomic E-state index is -6.04. The smallest absolute Gasteiger partial charge is 0.469 e. The van der Waals surface area contributed by atoms with Crippen LogP contribution in [0.1, 0.15) is 52.4 Å². The number of ether oxygens (including phenoxy) is 2. The molecule has 1 aliphatic rings. The van der Waals surface area contributed by atoms with Crippen LogP contribution < -0.4 is 4.18 Å². The van der Waals surface area contributed by atoms with Crippen molar-refractivity contribution < 1.29 is 44.8 Å². The Bertz CT molecular complexity index is 1070. The molecule has 0 spiro atoms. The van der Waals surface area contributed by atoms with Crippen LogP contribution in [0.4, 0.5) is 13.2 Å². The Labute approximate surface area is 184 Å². The summed E-state index contributed by atoms with van der Waals surface area (Å²) >= 11 is 0. The normalized spacial score (nSPS) is 14.1. The van der Waals surface area contributed by atoms with Crippen molar-refractivity contribution in [2.75, 3.05) is 7.11 Å². The van der Waals surface area contributed by atoms with Crippen molar-refractivity contribution in [3.05, 3.63) is 52.1 Å². The lowest BCUT2D eigenvalue weighted by molar-refractivity contribution is -0.140. The van der Waals surface area contributed by atoms with Gasteiger partial charge in [0.25, 0.3) is 0 Å². The van der Waals surface area contributed by atoms with E-state index >= 15 is 0 Å². The summed E-state index contributed by atoms with van der Waals surface area (Å²) in [6.07, 6.45) is 3.71. The molecule has 0 amide bonds. The molecule has 0 fully saturated rings. The molecule has 1 heterocycles. The largest absolute Gasteiger partial charge is 0.534 e. The van der Waals surface area contributed by atoms with Crippen molar-refractivity contribution in [2.45, 2.75) is 51.6 Å². The van der Waals surface area contributed by atoms with Gasteiger partial charge in [0.1, 0.15) is 12.2 Å². The van der Waals surface area contributed by atoms with Gasteiger partial charge in [0.05, 0.1) is 7.11 Å². The van der Waals surface area contributed by atoms with Gasteiger partial charge in [0.15, 0.2) is 5.75 Å². The number of allylic oxidation sites excluding steroid dienone is 3. The summed E-state index contributed by atoms with van der Waals surface area (Å²) in [6, 6.07) is 0. The quantitative estimate of drug-likeness (QED) is 0.229. The molecule has 1 aliphatic heterocycles. The molecule has 0 bridgehead atoms. The third-order valence-corrected chi connectivity index (χ3v) is 6.01. The molecule has 0 aromatic heterocycles. The Morgan fingerprint density at radius 2 is 1.88 bits per heavy atom. The summed E-state index contributed by atoms with van der Waals surface area (Å²) in [4.78, 5) is 23.6. The summed E-state index contributed by atoms with van der Waals surface area (Å²) in [5.41, 5.74) is -3.86. The zero-order valence-corrected chi connectivity index (χ0v) is 18.6. The van der Waals surface area contributed by atoms with Crippen LogP contribution in [0, 0.1) is 6.92 Å². The predicted molar refractivity (Wildman–Crippen MR) is 109 cm³/mol. The first-order valence-corrected chi connectivity index (χ1v) is 10.9. The van der Waals surface area contributed by atoms with Crippen LogP contribution in [0.25, 0.3) is 0 Å². The second-order valence-electron chi connectivity index (χ2n) is 7.15. The van der Waals surface area contributed by atoms with Crippen molar-refractivity contribution in [3.8, 4) is 5.75 Å². The minimum absolute atomic E-state index is 0.0414. The molecule has 0 saturated heterocycles. The highest BCUT2D eigenvalue weighted by molar-refractivity contribution is 7.88. The molecule has 32 heavy (non-hydrogen) atoms. The van der Waals surface area contributed by atoms with Crippen LogP contribution in [0.5, 0.6) is 5.75 Å². The lowest BCUT2D eigenvalue weighted by Gasteiger charge is -2.20. The number of carbonyl (C=O) groups is 2. The molecule has 7 nitrogen and oxygen atoms in total. The average molecular weight is 476 g/mol. The maximum atomic E-state index is 13.1. The summed E-state index contributed by atoms with van der Waals surface area (Å²) in [7, 11) is -4.79.